The molecule has 0 saturated heterocycles. The van der Waals surface area contributed by atoms with Crippen LogP contribution in [0.1, 0.15) is 37.1 Å². The molecular weight excluding hydrogens is 334 g/mol. The molecular formula is C20H28N2Zn. The summed E-state index contributed by atoms with van der Waals surface area (Å²) in [5.74, 6) is 0. The second kappa shape index (κ2) is 11.5. The van der Waals surface area contributed by atoms with Crippen molar-refractivity contribution >= 4 is 0 Å². The maximum atomic E-state index is 3.21. The Labute approximate surface area is 155 Å². The summed E-state index contributed by atoms with van der Waals surface area (Å²) in [6.45, 7) is 4.34. The predicted molar refractivity (Wildman–Crippen MR) is 94.8 cm³/mol. The molecule has 2 aromatic carbocycles. The van der Waals surface area contributed by atoms with Gasteiger partial charge in [0.15, 0.2) is 0 Å². The molecule has 0 saturated carbocycles. The van der Waals surface area contributed by atoms with Gasteiger partial charge < -0.3 is 9.80 Å². The van der Waals surface area contributed by atoms with E-state index < -0.39 is 0 Å². The van der Waals surface area contributed by atoms with Crippen LogP contribution < -0.4 is 0 Å². The minimum absolute atomic E-state index is 0. The van der Waals surface area contributed by atoms with Crippen molar-refractivity contribution in [2.75, 3.05) is 28.2 Å². The zero-order chi connectivity index (χ0) is 16.5. The van der Waals surface area contributed by atoms with Crippen molar-refractivity contribution < 1.29 is 19.5 Å². The van der Waals surface area contributed by atoms with E-state index in [2.05, 4.69) is 76.1 Å². The van der Waals surface area contributed by atoms with Gasteiger partial charge in [-0.1, -0.05) is 0 Å². The van der Waals surface area contributed by atoms with Gasteiger partial charge in [0.05, 0.1) is 0 Å². The van der Waals surface area contributed by atoms with Crippen LogP contribution in [0.2, 0.25) is 0 Å². The maximum Gasteiger partial charge on any atom is 2.00 e. The number of hydrogen-bond acceptors (Lipinski definition) is 2. The van der Waals surface area contributed by atoms with E-state index in [4.69, 9.17) is 0 Å². The summed E-state index contributed by atoms with van der Waals surface area (Å²) in [5.41, 5.74) is 2.50. The Morgan fingerprint density at radius 3 is 1.26 bits per heavy atom. The molecule has 0 spiro atoms. The van der Waals surface area contributed by atoms with Gasteiger partial charge in [0, 0.05) is 12.1 Å². The Kier molecular flexibility index (Phi) is 11.0. The van der Waals surface area contributed by atoms with Gasteiger partial charge in [-0.15, -0.1) is 11.1 Å². The summed E-state index contributed by atoms with van der Waals surface area (Å²) < 4.78 is 0. The van der Waals surface area contributed by atoms with E-state index in [1.807, 2.05) is 36.4 Å². The molecule has 0 bridgehead atoms. The molecule has 0 fully saturated rings. The molecule has 2 nitrogen and oxygen atoms in total. The number of rotatable bonds is 4. The fourth-order valence-corrected chi connectivity index (χ4v) is 1.89. The Hall–Kier alpha value is -1.02. The van der Waals surface area contributed by atoms with Crippen molar-refractivity contribution in [3.05, 3.63) is 71.8 Å². The molecule has 0 N–H and O–H groups in total. The molecule has 2 aromatic rings. The van der Waals surface area contributed by atoms with E-state index in [1.54, 1.807) is 0 Å². The van der Waals surface area contributed by atoms with Crippen molar-refractivity contribution in [2.45, 2.75) is 25.9 Å². The quantitative estimate of drug-likeness (QED) is 0.594. The largest absolute Gasteiger partial charge is 2.00 e. The first-order valence-corrected chi connectivity index (χ1v) is 7.69. The van der Waals surface area contributed by atoms with Gasteiger partial charge in [-0.3, -0.25) is 0 Å². The third-order valence-corrected chi connectivity index (χ3v) is 3.92. The first-order chi connectivity index (χ1) is 10.4. The first-order valence-electron chi connectivity index (χ1n) is 7.69. The van der Waals surface area contributed by atoms with Gasteiger partial charge in [-0.05, 0) is 42.0 Å². The van der Waals surface area contributed by atoms with E-state index >= 15 is 0 Å². The second-order valence-corrected chi connectivity index (χ2v) is 5.91. The smallest absolute Gasteiger partial charge is 0.305 e. The Morgan fingerprint density at radius 2 is 1.04 bits per heavy atom. The molecule has 23 heavy (non-hydrogen) atoms. The zero-order valence-electron chi connectivity index (χ0n) is 15.4. The second-order valence-electron chi connectivity index (χ2n) is 5.91. The molecule has 0 heterocycles. The topological polar surface area (TPSA) is 6.48 Å². The summed E-state index contributed by atoms with van der Waals surface area (Å²) in [7, 11) is 8.30. The van der Waals surface area contributed by atoms with Crippen LogP contribution >= 0.6 is 0 Å². The van der Waals surface area contributed by atoms with Gasteiger partial charge in [-0.2, -0.15) is 60.7 Å². The van der Waals surface area contributed by atoms with Gasteiger partial charge in [0.1, 0.15) is 0 Å². The predicted octanol–water partition coefficient (Wildman–Crippen LogP) is 4.22. The average Bonchev–Trinajstić information content (AvgIpc) is 2.55. The molecule has 0 aromatic heterocycles. The van der Waals surface area contributed by atoms with E-state index in [9.17, 15) is 0 Å². The number of benzene rings is 2. The maximum absolute atomic E-state index is 3.21. The summed E-state index contributed by atoms with van der Waals surface area (Å²) in [5, 5.41) is 0. The fraction of sp³-hybridized carbons (Fsp3) is 0.400. The molecule has 2 unspecified atom stereocenters. The van der Waals surface area contributed by atoms with Crippen molar-refractivity contribution in [2.24, 2.45) is 0 Å². The van der Waals surface area contributed by atoms with Gasteiger partial charge in [0.25, 0.3) is 0 Å². The molecule has 0 radical (unpaired) electrons. The Morgan fingerprint density at radius 1 is 0.696 bits per heavy atom. The van der Waals surface area contributed by atoms with Crippen molar-refractivity contribution in [1.29, 1.82) is 0 Å². The van der Waals surface area contributed by atoms with Gasteiger partial charge >= 0.3 is 19.5 Å². The summed E-state index contributed by atoms with van der Waals surface area (Å²) in [6.07, 6.45) is 0. The minimum Gasteiger partial charge on any atom is -0.305 e. The van der Waals surface area contributed by atoms with Crippen LogP contribution in [-0.4, -0.2) is 38.0 Å². The first kappa shape index (κ1) is 22.0. The number of nitrogens with zero attached hydrogens (tertiary/aromatic N) is 2. The summed E-state index contributed by atoms with van der Waals surface area (Å²) in [6, 6.07) is 23.5. The van der Waals surface area contributed by atoms with Crippen LogP contribution in [0.15, 0.2) is 48.5 Å². The van der Waals surface area contributed by atoms with Crippen LogP contribution in [0.4, 0.5) is 0 Å². The van der Waals surface area contributed by atoms with Crippen LogP contribution in [0.25, 0.3) is 0 Å². The Bertz CT molecular complexity index is 462. The summed E-state index contributed by atoms with van der Waals surface area (Å²) in [4.78, 5) is 4.34. The monoisotopic (exact) mass is 360 g/mol. The third-order valence-electron chi connectivity index (χ3n) is 3.92. The molecule has 2 atom stereocenters. The molecule has 3 heteroatoms. The van der Waals surface area contributed by atoms with Crippen LogP contribution in [0.3, 0.4) is 0 Å². The molecule has 0 aliphatic heterocycles. The standard InChI is InChI=1S/2C10H14N.Zn/c2*1-9(11(2)3)10-7-5-4-6-8-10;/h2*4-7,9H,1-3H3;/q2*-1;+2. The molecule has 120 valence electrons. The molecule has 0 aliphatic carbocycles. The van der Waals surface area contributed by atoms with E-state index in [1.165, 1.54) is 11.1 Å². The van der Waals surface area contributed by atoms with Gasteiger partial charge in [0.2, 0.25) is 0 Å². The van der Waals surface area contributed by atoms with E-state index in [0.29, 0.717) is 12.1 Å². The summed E-state index contributed by atoms with van der Waals surface area (Å²) >= 11 is 0. The molecule has 2 rings (SSSR count). The van der Waals surface area contributed by atoms with E-state index in [0.717, 1.165) is 0 Å². The average molecular weight is 362 g/mol. The van der Waals surface area contributed by atoms with Crippen molar-refractivity contribution in [3.8, 4) is 0 Å². The van der Waals surface area contributed by atoms with Crippen LogP contribution in [0, 0.1) is 12.1 Å². The SMILES string of the molecule is CC(c1[c-]cccc1)N(C)C.CC(c1[c-]cccc1)N(C)C.[Zn+2]. The zero-order valence-corrected chi connectivity index (χ0v) is 18.3. The van der Waals surface area contributed by atoms with Gasteiger partial charge in [-0.25, -0.2) is 0 Å². The number of hydrogen-bond donors (Lipinski definition) is 0. The molecule has 0 aliphatic rings. The van der Waals surface area contributed by atoms with Crippen molar-refractivity contribution in [3.63, 3.8) is 0 Å². The van der Waals surface area contributed by atoms with Crippen LogP contribution in [-0.2, 0) is 19.5 Å². The van der Waals surface area contributed by atoms with Crippen molar-refractivity contribution in [1.82, 2.24) is 9.80 Å². The van der Waals surface area contributed by atoms with E-state index in [-0.39, 0.29) is 19.5 Å². The molecule has 0 amide bonds. The van der Waals surface area contributed by atoms with Crippen LogP contribution in [0.5, 0.6) is 0 Å². The fourth-order valence-electron chi connectivity index (χ4n) is 1.89. The third kappa shape index (κ3) is 7.88. The normalized spacial score (nSPS) is 12.9. The minimum atomic E-state index is 0. The Balaban J connectivity index is 0.000000403.